The minimum atomic E-state index is 0.0707. The number of pyridine rings is 1. The zero-order valence-electron chi connectivity index (χ0n) is 16.8. The van der Waals surface area contributed by atoms with Crippen molar-refractivity contribution in [2.75, 3.05) is 18.4 Å². The highest BCUT2D eigenvalue weighted by atomic mass is 35.5. The topological polar surface area (TPSA) is 45.2 Å². The summed E-state index contributed by atoms with van der Waals surface area (Å²) in [6.07, 6.45) is 10.5. The van der Waals surface area contributed by atoms with Crippen molar-refractivity contribution >= 4 is 35.0 Å². The molecule has 4 nitrogen and oxygen atoms in total. The smallest absolute Gasteiger partial charge is 0.246 e. The van der Waals surface area contributed by atoms with Gasteiger partial charge in [-0.3, -0.25) is 4.79 Å². The lowest BCUT2D eigenvalue weighted by Crippen LogP contribution is -2.27. The van der Waals surface area contributed by atoms with Crippen LogP contribution in [0.5, 0.6) is 0 Å². The van der Waals surface area contributed by atoms with E-state index in [0.717, 1.165) is 60.0 Å². The summed E-state index contributed by atoms with van der Waals surface area (Å²) in [5.41, 5.74) is 5.57. The number of hydrogen-bond acceptors (Lipinski definition) is 3. The van der Waals surface area contributed by atoms with E-state index in [2.05, 4.69) is 35.1 Å². The number of likely N-dealkylation sites (tertiary alicyclic amines) is 1. The first-order chi connectivity index (χ1) is 14.6. The lowest BCUT2D eigenvalue weighted by molar-refractivity contribution is -0.125. The van der Waals surface area contributed by atoms with Gasteiger partial charge in [0.1, 0.15) is 5.82 Å². The molecule has 1 aliphatic carbocycles. The fraction of sp³-hybridized carbons (Fsp3) is 0.280. The van der Waals surface area contributed by atoms with E-state index in [1.165, 1.54) is 11.1 Å². The Morgan fingerprint density at radius 3 is 2.97 bits per heavy atom. The molecule has 3 heterocycles. The number of carbonyl (C=O) groups excluding carboxylic acids is 1. The van der Waals surface area contributed by atoms with Crippen molar-refractivity contribution in [1.29, 1.82) is 0 Å². The summed E-state index contributed by atoms with van der Waals surface area (Å²) in [7, 11) is 0. The van der Waals surface area contributed by atoms with Crippen LogP contribution in [0.1, 0.15) is 29.5 Å². The molecule has 5 rings (SSSR count). The Labute approximate surface area is 182 Å². The van der Waals surface area contributed by atoms with Crippen LogP contribution in [0.3, 0.4) is 0 Å². The number of hydrogen-bond donors (Lipinski definition) is 1. The molecule has 1 saturated heterocycles. The van der Waals surface area contributed by atoms with Crippen LogP contribution in [-0.2, 0) is 11.2 Å². The highest BCUT2D eigenvalue weighted by Gasteiger charge is 2.38. The van der Waals surface area contributed by atoms with Gasteiger partial charge in [0, 0.05) is 36.1 Å². The molecule has 1 amide bonds. The van der Waals surface area contributed by atoms with Gasteiger partial charge < -0.3 is 10.2 Å². The van der Waals surface area contributed by atoms with Crippen LogP contribution in [0.2, 0.25) is 5.02 Å². The number of anilines is 1. The molecule has 2 atom stereocenters. The lowest BCUT2D eigenvalue weighted by atomic mass is 9.98. The number of halogens is 1. The van der Waals surface area contributed by atoms with E-state index in [9.17, 15) is 4.79 Å². The number of nitrogens with one attached hydrogen (secondary N) is 1. The van der Waals surface area contributed by atoms with E-state index in [0.29, 0.717) is 11.8 Å². The number of aromatic nitrogens is 1. The third-order valence-corrected chi connectivity index (χ3v) is 6.65. The number of allylic oxidation sites excluding steroid dienone is 2. The molecule has 152 valence electrons. The lowest BCUT2D eigenvalue weighted by Gasteiger charge is -2.19. The molecule has 0 saturated carbocycles. The molecule has 0 radical (unpaired) electrons. The summed E-state index contributed by atoms with van der Waals surface area (Å²) in [6, 6.07) is 10.1. The van der Waals surface area contributed by atoms with E-state index >= 15 is 0 Å². The molecule has 1 N–H and O–H groups in total. The maximum Gasteiger partial charge on any atom is 0.246 e. The predicted octanol–water partition coefficient (Wildman–Crippen LogP) is 5.18. The Morgan fingerprint density at radius 2 is 2.13 bits per heavy atom. The molecule has 2 aliphatic heterocycles. The molecule has 1 aromatic carbocycles. The molecule has 5 heteroatoms. The van der Waals surface area contributed by atoms with Gasteiger partial charge in [0.25, 0.3) is 0 Å². The Balaban J connectivity index is 1.24. The minimum absolute atomic E-state index is 0.0707. The van der Waals surface area contributed by atoms with Gasteiger partial charge in [0.15, 0.2) is 0 Å². The highest BCUT2D eigenvalue weighted by molar-refractivity contribution is 6.32. The second-order valence-electron chi connectivity index (χ2n) is 8.38. The zero-order chi connectivity index (χ0) is 20.7. The Kier molecular flexibility index (Phi) is 4.95. The van der Waals surface area contributed by atoms with Crippen LogP contribution in [-0.4, -0.2) is 28.9 Å². The Hall–Kier alpha value is -2.85. The van der Waals surface area contributed by atoms with Crippen LogP contribution >= 0.6 is 11.6 Å². The van der Waals surface area contributed by atoms with Crippen molar-refractivity contribution in [2.24, 2.45) is 11.8 Å². The summed E-state index contributed by atoms with van der Waals surface area (Å²) < 4.78 is 0. The third-order valence-electron chi connectivity index (χ3n) is 6.32. The van der Waals surface area contributed by atoms with E-state index in [1.54, 1.807) is 12.3 Å². The molecule has 2 unspecified atom stereocenters. The Bertz CT molecular complexity index is 1090. The van der Waals surface area contributed by atoms with Gasteiger partial charge >= 0.3 is 0 Å². The largest absolute Gasteiger partial charge is 0.344 e. The van der Waals surface area contributed by atoms with Crippen LogP contribution in [0, 0.1) is 11.8 Å². The normalized spacial score (nSPS) is 22.6. The van der Waals surface area contributed by atoms with Crippen molar-refractivity contribution in [3.63, 3.8) is 0 Å². The van der Waals surface area contributed by atoms with Gasteiger partial charge in [-0.05, 0) is 71.6 Å². The monoisotopic (exact) mass is 417 g/mol. The maximum atomic E-state index is 12.7. The second kappa shape index (κ2) is 7.77. The first kappa shape index (κ1) is 19.1. The summed E-state index contributed by atoms with van der Waals surface area (Å²) in [5.74, 6) is 1.85. The number of amides is 1. The van der Waals surface area contributed by atoms with Gasteiger partial charge in [-0.25, -0.2) is 4.98 Å². The standard InChI is InChI=1S/C25H24ClN3O/c1-16-6-8-18-10-17(13-27-25(18)28-16)7-9-24(30)29-14-20-11-19(12-21(20)15-29)22-4-2-3-5-23(22)26/h2-5,7,9-11,13,20-21H,1,6,8,12,14-15H2,(H,27,28)/b9-7+. The van der Waals surface area contributed by atoms with Gasteiger partial charge in [0.05, 0.1) is 0 Å². The summed E-state index contributed by atoms with van der Waals surface area (Å²) >= 11 is 6.36. The van der Waals surface area contributed by atoms with Gasteiger partial charge in [-0.2, -0.15) is 0 Å². The molecular weight excluding hydrogens is 394 g/mol. The number of aryl methyl sites for hydroxylation is 1. The molecule has 0 spiro atoms. The quantitative estimate of drug-likeness (QED) is 0.699. The molecule has 1 aromatic heterocycles. The number of nitrogens with zero attached hydrogens (tertiary/aromatic N) is 2. The van der Waals surface area contributed by atoms with Crippen molar-refractivity contribution < 1.29 is 4.79 Å². The Morgan fingerprint density at radius 1 is 1.27 bits per heavy atom. The first-order valence-corrected chi connectivity index (χ1v) is 10.8. The van der Waals surface area contributed by atoms with E-state index in [-0.39, 0.29) is 5.91 Å². The summed E-state index contributed by atoms with van der Waals surface area (Å²) in [6.45, 7) is 5.54. The first-order valence-electron chi connectivity index (χ1n) is 10.4. The third kappa shape index (κ3) is 3.68. The summed E-state index contributed by atoms with van der Waals surface area (Å²) in [5, 5.41) is 4.02. The van der Waals surface area contributed by atoms with Crippen LogP contribution in [0.4, 0.5) is 5.82 Å². The van der Waals surface area contributed by atoms with Gasteiger partial charge in [-0.15, -0.1) is 0 Å². The van der Waals surface area contributed by atoms with Crippen molar-refractivity contribution in [3.8, 4) is 0 Å². The molecule has 2 aromatic rings. The van der Waals surface area contributed by atoms with Crippen LogP contribution in [0.15, 0.2) is 61.0 Å². The maximum absolute atomic E-state index is 12.7. The average molecular weight is 418 g/mol. The predicted molar refractivity (Wildman–Crippen MR) is 122 cm³/mol. The van der Waals surface area contributed by atoms with E-state index in [4.69, 9.17) is 11.6 Å². The zero-order valence-corrected chi connectivity index (χ0v) is 17.5. The molecule has 30 heavy (non-hydrogen) atoms. The fourth-order valence-corrected chi connectivity index (χ4v) is 4.98. The highest BCUT2D eigenvalue weighted by Crippen LogP contribution is 2.42. The molecular formula is C25H24ClN3O. The number of fused-ring (bicyclic) bond motifs is 2. The van der Waals surface area contributed by atoms with E-state index < -0.39 is 0 Å². The minimum Gasteiger partial charge on any atom is -0.344 e. The summed E-state index contributed by atoms with van der Waals surface area (Å²) in [4.78, 5) is 19.2. The SMILES string of the molecule is C=C1CCc2cc(/C=C/C(=O)N3CC4C=C(c5ccccc5Cl)CC4C3)cnc2N1. The van der Waals surface area contributed by atoms with Gasteiger partial charge in [-0.1, -0.05) is 42.5 Å². The van der Waals surface area contributed by atoms with E-state index in [1.807, 2.05) is 29.2 Å². The van der Waals surface area contributed by atoms with Crippen molar-refractivity contribution in [2.45, 2.75) is 19.3 Å². The molecule has 0 bridgehead atoms. The molecule has 1 fully saturated rings. The molecule has 3 aliphatic rings. The number of benzene rings is 1. The van der Waals surface area contributed by atoms with Gasteiger partial charge in [0.2, 0.25) is 5.91 Å². The van der Waals surface area contributed by atoms with Crippen LogP contribution < -0.4 is 5.32 Å². The van der Waals surface area contributed by atoms with Crippen molar-refractivity contribution in [1.82, 2.24) is 9.88 Å². The van der Waals surface area contributed by atoms with Crippen molar-refractivity contribution in [3.05, 3.63) is 82.7 Å². The van der Waals surface area contributed by atoms with Crippen LogP contribution in [0.25, 0.3) is 11.6 Å². The average Bonchev–Trinajstić information content (AvgIpc) is 3.31. The second-order valence-corrected chi connectivity index (χ2v) is 8.79. The number of carbonyl (C=O) groups is 1. The number of rotatable bonds is 3. The fourth-order valence-electron chi connectivity index (χ4n) is 4.72.